The minimum atomic E-state index is -0.305. The van der Waals surface area contributed by atoms with E-state index in [4.69, 9.17) is 9.47 Å². The first-order valence-corrected chi connectivity index (χ1v) is 9.70. The molecule has 1 heterocycles. The van der Waals surface area contributed by atoms with Crippen LogP contribution in [0.15, 0.2) is 42.5 Å². The fourth-order valence-corrected chi connectivity index (χ4v) is 3.27. The number of hydrogen-bond donors (Lipinski definition) is 1. The third kappa shape index (κ3) is 4.88. The quantitative estimate of drug-likeness (QED) is 0.804. The second kappa shape index (κ2) is 8.99. The van der Waals surface area contributed by atoms with E-state index in [9.17, 15) is 9.59 Å². The molecular weight excluding hydrogens is 368 g/mol. The number of carbonyl (C=O) groups excluding carboxylic acids is 2. The molecule has 2 aromatic rings. The highest BCUT2D eigenvalue weighted by atomic mass is 16.5. The Bertz CT molecular complexity index is 896. The van der Waals surface area contributed by atoms with Crippen molar-refractivity contribution in [1.29, 1.82) is 0 Å². The van der Waals surface area contributed by atoms with Crippen molar-refractivity contribution in [2.75, 3.05) is 20.8 Å². The lowest BCUT2D eigenvalue weighted by Gasteiger charge is -2.25. The zero-order valence-corrected chi connectivity index (χ0v) is 17.1. The fourth-order valence-electron chi connectivity index (χ4n) is 3.27. The summed E-state index contributed by atoms with van der Waals surface area (Å²) >= 11 is 0. The van der Waals surface area contributed by atoms with Gasteiger partial charge in [0, 0.05) is 30.6 Å². The Kier molecular flexibility index (Phi) is 6.42. The zero-order chi connectivity index (χ0) is 21.0. The molecule has 2 amide bonds. The summed E-state index contributed by atoms with van der Waals surface area (Å²) in [7, 11) is 3.32. The molecule has 0 spiro atoms. The number of nitrogens with one attached hydrogen (secondary N) is 1. The smallest absolute Gasteiger partial charge is 0.253 e. The monoisotopic (exact) mass is 395 g/mol. The van der Waals surface area contributed by atoms with E-state index in [1.165, 1.54) is 0 Å². The summed E-state index contributed by atoms with van der Waals surface area (Å²) in [5, 5.41) is 2.94. The Balaban J connectivity index is 2.05. The summed E-state index contributed by atoms with van der Waals surface area (Å²) in [5.41, 5.74) is 2.23. The van der Waals surface area contributed by atoms with Crippen LogP contribution in [0.5, 0.6) is 11.5 Å². The van der Waals surface area contributed by atoms with Gasteiger partial charge in [-0.2, -0.15) is 0 Å². The van der Waals surface area contributed by atoms with Crippen LogP contribution in [0.2, 0.25) is 0 Å². The van der Waals surface area contributed by atoms with Crippen LogP contribution in [-0.2, 0) is 4.79 Å². The minimum absolute atomic E-state index is 0.0824. The molecule has 2 atom stereocenters. The molecule has 6 nitrogen and oxygen atoms in total. The van der Waals surface area contributed by atoms with Crippen molar-refractivity contribution in [2.24, 2.45) is 0 Å². The molecule has 153 valence electrons. The predicted molar refractivity (Wildman–Crippen MR) is 112 cm³/mol. The first-order chi connectivity index (χ1) is 13.9. The topological polar surface area (TPSA) is 67.9 Å². The summed E-state index contributed by atoms with van der Waals surface area (Å²) in [4.78, 5) is 26.8. The lowest BCUT2D eigenvalue weighted by atomic mass is 10.0. The second-order valence-electron chi connectivity index (χ2n) is 7.33. The van der Waals surface area contributed by atoms with Gasteiger partial charge in [-0.25, -0.2) is 0 Å². The molecule has 1 radical (unpaired) electrons. The predicted octanol–water partition coefficient (Wildman–Crippen LogP) is 3.31. The number of hydrogen-bond acceptors (Lipinski definition) is 4. The maximum Gasteiger partial charge on any atom is 0.253 e. The third-order valence-corrected chi connectivity index (χ3v) is 5.08. The maximum absolute atomic E-state index is 13.0. The molecule has 3 rings (SSSR count). The summed E-state index contributed by atoms with van der Waals surface area (Å²) in [6.07, 6.45) is 0.780. The Morgan fingerprint density at radius 1 is 1.17 bits per heavy atom. The van der Waals surface area contributed by atoms with Crippen LogP contribution >= 0.6 is 0 Å². The summed E-state index contributed by atoms with van der Waals surface area (Å²) in [6.45, 7) is 6.28. The van der Waals surface area contributed by atoms with Gasteiger partial charge >= 0.3 is 0 Å². The summed E-state index contributed by atoms with van der Waals surface area (Å²) < 4.78 is 11.4. The van der Waals surface area contributed by atoms with Gasteiger partial charge in [0.1, 0.15) is 18.1 Å². The molecule has 6 heteroatoms. The number of benzene rings is 2. The van der Waals surface area contributed by atoms with Gasteiger partial charge in [0.05, 0.1) is 13.2 Å². The number of rotatable bonds is 1. The number of methoxy groups -OCH3 is 1. The van der Waals surface area contributed by atoms with Crippen molar-refractivity contribution < 1.29 is 19.1 Å². The van der Waals surface area contributed by atoms with Gasteiger partial charge in [-0.1, -0.05) is 12.1 Å². The van der Waals surface area contributed by atoms with Gasteiger partial charge in [0.2, 0.25) is 5.91 Å². The normalized spacial score (nSPS) is 20.6. The van der Waals surface area contributed by atoms with E-state index in [0.717, 1.165) is 11.1 Å². The molecule has 1 N–H and O–H groups in total. The van der Waals surface area contributed by atoms with E-state index < -0.39 is 0 Å². The number of nitrogens with zero attached hydrogens (tertiary/aromatic N) is 1. The van der Waals surface area contributed by atoms with Crippen LogP contribution in [0.4, 0.5) is 0 Å². The number of amides is 2. The molecule has 2 bridgehead atoms. The van der Waals surface area contributed by atoms with Crippen LogP contribution in [-0.4, -0.2) is 49.6 Å². The zero-order valence-electron chi connectivity index (χ0n) is 17.1. The van der Waals surface area contributed by atoms with Crippen molar-refractivity contribution in [1.82, 2.24) is 10.2 Å². The molecule has 0 unspecified atom stereocenters. The molecular formula is C23H27N2O4. The summed E-state index contributed by atoms with van der Waals surface area (Å²) in [6, 6.07) is 12.5. The molecule has 0 saturated heterocycles. The minimum Gasteiger partial charge on any atom is -0.497 e. The van der Waals surface area contributed by atoms with Crippen LogP contribution in [0.3, 0.4) is 0 Å². The van der Waals surface area contributed by atoms with Crippen molar-refractivity contribution >= 4 is 11.8 Å². The first kappa shape index (κ1) is 20.7. The van der Waals surface area contributed by atoms with Gasteiger partial charge in [-0.15, -0.1) is 0 Å². The molecule has 0 fully saturated rings. The average molecular weight is 395 g/mol. The van der Waals surface area contributed by atoms with Crippen LogP contribution in [0, 0.1) is 6.92 Å². The van der Waals surface area contributed by atoms with Gasteiger partial charge in [-0.3, -0.25) is 9.59 Å². The maximum atomic E-state index is 13.0. The SMILES string of the molecule is [CH2][C@H]1CCC(=O)N[C@H](C)COc2ccc(OC)cc2-c2cccc(c2)C(=O)N1C. The van der Waals surface area contributed by atoms with E-state index in [0.29, 0.717) is 36.5 Å². The second-order valence-corrected chi connectivity index (χ2v) is 7.33. The molecule has 0 aromatic heterocycles. The Hall–Kier alpha value is -3.02. The average Bonchev–Trinajstić information content (AvgIpc) is 2.74. The van der Waals surface area contributed by atoms with Crippen LogP contribution in [0.25, 0.3) is 11.1 Å². The van der Waals surface area contributed by atoms with Gasteiger partial charge in [0.25, 0.3) is 5.91 Å². The van der Waals surface area contributed by atoms with Gasteiger partial charge in [-0.05, 0) is 56.2 Å². The van der Waals surface area contributed by atoms with Crippen LogP contribution in [0.1, 0.15) is 30.1 Å². The largest absolute Gasteiger partial charge is 0.497 e. The van der Waals surface area contributed by atoms with Crippen molar-refractivity contribution in [3.05, 3.63) is 55.0 Å². The van der Waals surface area contributed by atoms with Crippen molar-refractivity contribution in [2.45, 2.75) is 31.8 Å². The molecule has 0 aliphatic carbocycles. The molecule has 2 aromatic carbocycles. The molecule has 0 saturated carbocycles. The highest BCUT2D eigenvalue weighted by Gasteiger charge is 2.21. The lowest BCUT2D eigenvalue weighted by Crippen LogP contribution is -2.39. The van der Waals surface area contributed by atoms with E-state index in [2.05, 4.69) is 12.2 Å². The lowest BCUT2D eigenvalue weighted by molar-refractivity contribution is -0.122. The van der Waals surface area contributed by atoms with E-state index in [-0.39, 0.29) is 23.9 Å². The van der Waals surface area contributed by atoms with Crippen LogP contribution < -0.4 is 14.8 Å². The number of ether oxygens (including phenoxy) is 2. The van der Waals surface area contributed by atoms with Gasteiger partial charge < -0.3 is 19.7 Å². The highest BCUT2D eigenvalue weighted by Crippen LogP contribution is 2.34. The van der Waals surface area contributed by atoms with E-state index in [1.54, 1.807) is 25.1 Å². The Labute approximate surface area is 171 Å². The van der Waals surface area contributed by atoms with Crippen molar-refractivity contribution in [3.8, 4) is 22.6 Å². The summed E-state index contributed by atoms with van der Waals surface area (Å²) in [5.74, 6) is 1.13. The highest BCUT2D eigenvalue weighted by molar-refractivity contribution is 5.96. The Morgan fingerprint density at radius 2 is 1.93 bits per heavy atom. The standard InChI is InChI=1S/C23H27N2O4/c1-15-14-29-21-10-9-19(28-4)13-20(21)17-6-5-7-18(12-17)23(27)25(3)16(2)8-11-22(26)24-15/h5-7,9-10,12-13,15-16H,2,8,11,14H2,1,3-4H3,(H,24,26)/t15-,16+/m1/s1. The molecule has 1 aliphatic heterocycles. The fraction of sp³-hybridized carbons (Fsp3) is 0.348. The Morgan fingerprint density at radius 3 is 2.69 bits per heavy atom. The molecule has 29 heavy (non-hydrogen) atoms. The molecule has 1 aliphatic rings. The van der Waals surface area contributed by atoms with Crippen molar-refractivity contribution in [3.63, 3.8) is 0 Å². The number of fused-ring (bicyclic) bond motifs is 4. The first-order valence-electron chi connectivity index (χ1n) is 9.70. The van der Waals surface area contributed by atoms with E-state index >= 15 is 0 Å². The third-order valence-electron chi connectivity index (χ3n) is 5.08. The van der Waals surface area contributed by atoms with E-state index in [1.807, 2.05) is 43.3 Å². The number of carbonyl (C=O) groups is 2. The van der Waals surface area contributed by atoms with Gasteiger partial charge in [0.15, 0.2) is 0 Å².